The molecule has 2 heterocycles. The van der Waals surface area contributed by atoms with Crippen LogP contribution in [-0.4, -0.2) is 29.3 Å². The molecule has 4 heteroatoms. The SMILES string of the molecule is CC(O)C1CCN(c2cnccc2CN)C1. The Balaban J connectivity index is 2.14. The quantitative estimate of drug-likeness (QED) is 0.790. The predicted octanol–water partition coefficient (Wildman–Crippen LogP) is 0.747. The van der Waals surface area contributed by atoms with Gasteiger partial charge in [-0.25, -0.2) is 0 Å². The average Bonchev–Trinajstić information content (AvgIpc) is 2.78. The molecule has 0 saturated carbocycles. The summed E-state index contributed by atoms with van der Waals surface area (Å²) in [6.45, 7) is 4.28. The van der Waals surface area contributed by atoms with Gasteiger partial charge in [0.15, 0.2) is 0 Å². The molecule has 2 rings (SSSR count). The summed E-state index contributed by atoms with van der Waals surface area (Å²) in [7, 11) is 0. The summed E-state index contributed by atoms with van der Waals surface area (Å²) in [5.41, 5.74) is 7.95. The van der Waals surface area contributed by atoms with Crippen molar-refractivity contribution in [1.29, 1.82) is 0 Å². The Morgan fingerprint density at radius 3 is 3.12 bits per heavy atom. The molecule has 1 saturated heterocycles. The smallest absolute Gasteiger partial charge is 0.0598 e. The van der Waals surface area contributed by atoms with E-state index >= 15 is 0 Å². The Labute approximate surface area is 96.1 Å². The van der Waals surface area contributed by atoms with Crippen molar-refractivity contribution in [3.8, 4) is 0 Å². The molecule has 0 bridgehead atoms. The second-order valence-corrected chi connectivity index (χ2v) is 4.44. The van der Waals surface area contributed by atoms with Crippen LogP contribution in [0.25, 0.3) is 0 Å². The zero-order chi connectivity index (χ0) is 11.5. The van der Waals surface area contributed by atoms with Gasteiger partial charge in [0, 0.05) is 31.7 Å². The topological polar surface area (TPSA) is 62.4 Å². The minimum absolute atomic E-state index is 0.233. The van der Waals surface area contributed by atoms with Gasteiger partial charge in [0.25, 0.3) is 0 Å². The van der Waals surface area contributed by atoms with E-state index in [0.29, 0.717) is 12.5 Å². The molecule has 0 aliphatic carbocycles. The van der Waals surface area contributed by atoms with Gasteiger partial charge < -0.3 is 15.7 Å². The van der Waals surface area contributed by atoms with E-state index in [-0.39, 0.29) is 6.10 Å². The molecule has 2 atom stereocenters. The Bertz CT molecular complexity index is 354. The molecule has 0 amide bonds. The number of aliphatic hydroxyl groups excluding tert-OH is 1. The van der Waals surface area contributed by atoms with Crippen LogP contribution in [0.1, 0.15) is 18.9 Å². The monoisotopic (exact) mass is 221 g/mol. The van der Waals surface area contributed by atoms with Gasteiger partial charge in [0.2, 0.25) is 0 Å². The van der Waals surface area contributed by atoms with Crippen molar-refractivity contribution in [1.82, 2.24) is 4.98 Å². The number of nitrogens with two attached hydrogens (primary N) is 1. The molecule has 0 aromatic carbocycles. The fraction of sp³-hybridized carbons (Fsp3) is 0.583. The Morgan fingerprint density at radius 2 is 2.50 bits per heavy atom. The molecular weight excluding hydrogens is 202 g/mol. The molecular formula is C12H19N3O. The van der Waals surface area contributed by atoms with Crippen LogP contribution in [0, 0.1) is 5.92 Å². The van der Waals surface area contributed by atoms with E-state index in [1.54, 1.807) is 6.20 Å². The van der Waals surface area contributed by atoms with Crippen LogP contribution in [0.5, 0.6) is 0 Å². The predicted molar refractivity (Wildman–Crippen MR) is 64.1 cm³/mol. The summed E-state index contributed by atoms with van der Waals surface area (Å²) in [6.07, 6.45) is 4.44. The third-order valence-corrected chi connectivity index (χ3v) is 3.36. The van der Waals surface area contributed by atoms with Crippen LogP contribution in [0.4, 0.5) is 5.69 Å². The van der Waals surface area contributed by atoms with E-state index in [9.17, 15) is 5.11 Å². The highest BCUT2D eigenvalue weighted by Gasteiger charge is 2.27. The Morgan fingerprint density at radius 1 is 1.69 bits per heavy atom. The number of pyridine rings is 1. The summed E-state index contributed by atoms with van der Waals surface area (Å²) in [5.74, 6) is 0.367. The third-order valence-electron chi connectivity index (χ3n) is 3.36. The van der Waals surface area contributed by atoms with Gasteiger partial charge in [0.1, 0.15) is 0 Å². The number of rotatable bonds is 3. The number of hydrogen-bond donors (Lipinski definition) is 2. The summed E-state index contributed by atoms with van der Waals surface area (Å²) >= 11 is 0. The number of nitrogens with zero attached hydrogens (tertiary/aromatic N) is 2. The average molecular weight is 221 g/mol. The summed E-state index contributed by atoms with van der Waals surface area (Å²) in [5, 5.41) is 9.58. The van der Waals surface area contributed by atoms with E-state index in [2.05, 4.69) is 9.88 Å². The molecule has 2 unspecified atom stereocenters. The maximum Gasteiger partial charge on any atom is 0.0598 e. The molecule has 1 aromatic rings. The minimum atomic E-state index is -0.233. The minimum Gasteiger partial charge on any atom is -0.393 e. The molecule has 1 fully saturated rings. The first-order valence-electron chi connectivity index (χ1n) is 5.78. The maximum absolute atomic E-state index is 9.58. The van der Waals surface area contributed by atoms with Gasteiger partial charge in [-0.05, 0) is 25.0 Å². The molecule has 1 aliphatic rings. The first-order valence-corrected chi connectivity index (χ1v) is 5.78. The van der Waals surface area contributed by atoms with Crippen molar-refractivity contribution in [3.05, 3.63) is 24.0 Å². The lowest BCUT2D eigenvalue weighted by Gasteiger charge is -2.21. The second kappa shape index (κ2) is 4.80. The largest absolute Gasteiger partial charge is 0.393 e. The lowest BCUT2D eigenvalue weighted by molar-refractivity contribution is 0.136. The van der Waals surface area contributed by atoms with E-state index < -0.39 is 0 Å². The fourth-order valence-corrected chi connectivity index (χ4v) is 2.27. The molecule has 0 radical (unpaired) electrons. The highest BCUT2D eigenvalue weighted by atomic mass is 16.3. The first-order chi connectivity index (χ1) is 7.72. The number of hydrogen-bond acceptors (Lipinski definition) is 4. The lowest BCUT2D eigenvalue weighted by Crippen LogP contribution is -2.25. The van der Waals surface area contributed by atoms with Crippen LogP contribution < -0.4 is 10.6 Å². The summed E-state index contributed by atoms with van der Waals surface area (Å²) < 4.78 is 0. The van der Waals surface area contributed by atoms with Crippen molar-refractivity contribution in [3.63, 3.8) is 0 Å². The number of aliphatic hydroxyl groups is 1. The van der Waals surface area contributed by atoms with Crippen molar-refractivity contribution < 1.29 is 5.11 Å². The number of aromatic nitrogens is 1. The molecule has 3 N–H and O–H groups in total. The standard InChI is InChI=1S/C12H19N3O/c1-9(16)11-3-5-15(8-11)12-7-14-4-2-10(12)6-13/h2,4,7,9,11,16H,3,5-6,8,13H2,1H3. The normalized spacial score (nSPS) is 22.4. The van der Waals surface area contributed by atoms with E-state index in [1.807, 2.05) is 19.2 Å². The molecule has 88 valence electrons. The van der Waals surface area contributed by atoms with Crippen LogP contribution >= 0.6 is 0 Å². The number of anilines is 1. The van der Waals surface area contributed by atoms with Crippen molar-refractivity contribution >= 4 is 5.69 Å². The highest BCUT2D eigenvalue weighted by Crippen LogP contribution is 2.27. The van der Waals surface area contributed by atoms with Crippen LogP contribution in [0.15, 0.2) is 18.5 Å². The van der Waals surface area contributed by atoms with Crippen molar-refractivity contribution in [2.24, 2.45) is 11.7 Å². The zero-order valence-corrected chi connectivity index (χ0v) is 9.63. The van der Waals surface area contributed by atoms with Gasteiger partial charge >= 0.3 is 0 Å². The van der Waals surface area contributed by atoms with Gasteiger partial charge in [-0.15, -0.1) is 0 Å². The Kier molecular flexibility index (Phi) is 3.41. The lowest BCUT2D eigenvalue weighted by atomic mass is 10.0. The van der Waals surface area contributed by atoms with Gasteiger partial charge in [-0.1, -0.05) is 0 Å². The Hall–Kier alpha value is -1.13. The highest BCUT2D eigenvalue weighted by molar-refractivity contribution is 5.52. The molecule has 1 aliphatic heterocycles. The zero-order valence-electron chi connectivity index (χ0n) is 9.63. The molecule has 1 aromatic heterocycles. The second-order valence-electron chi connectivity index (χ2n) is 4.44. The summed E-state index contributed by atoms with van der Waals surface area (Å²) in [6, 6.07) is 1.96. The van der Waals surface area contributed by atoms with E-state index in [4.69, 9.17) is 5.73 Å². The van der Waals surface area contributed by atoms with Crippen molar-refractivity contribution in [2.75, 3.05) is 18.0 Å². The molecule has 16 heavy (non-hydrogen) atoms. The van der Waals surface area contributed by atoms with E-state index in [1.165, 1.54) is 0 Å². The van der Waals surface area contributed by atoms with Gasteiger partial charge in [-0.3, -0.25) is 4.98 Å². The first kappa shape index (κ1) is 11.4. The maximum atomic E-state index is 9.58. The molecule has 0 spiro atoms. The third kappa shape index (κ3) is 2.18. The van der Waals surface area contributed by atoms with Crippen LogP contribution in [-0.2, 0) is 6.54 Å². The fourth-order valence-electron chi connectivity index (χ4n) is 2.27. The van der Waals surface area contributed by atoms with E-state index in [0.717, 1.165) is 30.8 Å². The van der Waals surface area contributed by atoms with Crippen LogP contribution in [0.3, 0.4) is 0 Å². The van der Waals surface area contributed by atoms with Gasteiger partial charge in [-0.2, -0.15) is 0 Å². The molecule has 4 nitrogen and oxygen atoms in total. The van der Waals surface area contributed by atoms with Crippen LogP contribution in [0.2, 0.25) is 0 Å². The summed E-state index contributed by atoms with van der Waals surface area (Å²) in [4.78, 5) is 6.42. The van der Waals surface area contributed by atoms with Gasteiger partial charge in [0.05, 0.1) is 18.0 Å². The van der Waals surface area contributed by atoms with Crippen molar-refractivity contribution in [2.45, 2.75) is 26.0 Å².